The van der Waals surface area contributed by atoms with Crippen LogP contribution in [0.2, 0.25) is 0 Å². The molecule has 1 unspecified atom stereocenters. The fraction of sp³-hybridized carbons (Fsp3) is 0.312. The summed E-state index contributed by atoms with van der Waals surface area (Å²) in [5.74, 6) is 0.818. The first-order chi connectivity index (χ1) is 9.81. The number of methoxy groups -OCH3 is 2. The molecule has 4 heteroatoms. The maximum Gasteiger partial charge on any atom is 0.126 e. The Kier molecular flexibility index (Phi) is 4.94. The molecule has 1 N–H and O–H groups in total. The van der Waals surface area contributed by atoms with Gasteiger partial charge in [-0.3, -0.25) is 5.32 Å². The maximum absolute atomic E-state index is 9.38. The average Bonchev–Trinajstić information content (AvgIpc) is 2.51. The first-order valence-corrected chi connectivity index (χ1v) is 6.49. The molecular weight excluding hydrogens is 252 g/mol. The summed E-state index contributed by atoms with van der Waals surface area (Å²) in [7, 11) is 3.30. The molecule has 0 bridgehead atoms. The largest absolute Gasteiger partial charge is 0.496 e. The summed E-state index contributed by atoms with van der Waals surface area (Å²) in [5.41, 5.74) is 0.958. The summed E-state index contributed by atoms with van der Waals surface area (Å²) in [6, 6.07) is 13.7. The van der Waals surface area contributed by atoms with Gasteiger partial charge in [-0.25, -0.2) is 0 Å². The van der Waals surface area contributed by atoms with Gasteiger partial charge >= 0.3 is 0 Å². The van der Waals surface area contributed by atoms with Gasteiger partial charge in [0.25, 0.3) is 0 Å². The van der Waals surface area contributed by atoms with Crippen molar-refractivity contribution in [3.8, 4) is 11.8 Å². The highest BCUT2D eigenvalue weighted by atomic mass is 16.5. The van der Waals surface area contributed by atoms with Crippen molar-refractivity contribution in [1.82, 2.24) is 5.32 Å². The van der Waals surface area contributed by atoms with E-state index in [1.165, 1.54) is 0 Å². The van der Waals surface area contributed by atoms with Crippen molar-refractivity contribution < 1.29 is 9.47 Å². The Morgan fingerprint density at radius 1 is 1.15 bits per heavy atom. The van der Waals surface area contributed by atoms with Crippen LogP contribution in [-0.4, -0.2) is 27.4 Å². The second-order valence-electron chi connectivity index (χ2n) is 4.41. The average molecular weight is 270 g/mol. The normalized spacial score (nSPS) is 12.1. The number of fused-ring (bicyclic) bond motifs is 1. The molecule has 0 fully saturated rings. The van der Waals surface area contributed by atoms with Crippen molar-refractivity contribution in [1.29, 1.82) is 5.26 Å². The highest BCUT2D eigenvalue weighted by Crippen LogP contribution is 2.31. The predicted molar refractivity (Wildman–Crippen MR) is 78.7 cm³/mol. The molecule has 2 rings (SSSR count). The van der Waals surface area contributed by atoms with E-state index < -0.39 is 0 Å². The van der Waals surface area contributed by atoms with Gasteiger partial charge in [-0.2, -0.15) is 5.26 Å². The number of nitrogens with one attached hydrogen (secondary N) is 1. The van der Waals surface area contributed by atoms with Gasteiger partial charge in [-0.1, -0.05) is 30.3 Å². The van der Waals surface area contributed by atoms with Crippen LogP contribution in [0.4, 0.5) is 0 Å². The van der Waals surface area contributed by atoms with Gasteiger partial charge in [-0.15, -0.1) is 0 Å². The lowest BCUT2D eigenvalue weighted by molar-refractivity contribution is 0.198. The second-order valence-corrected chi connectivity index (χ2v) is 4.41. The van der Waals surface area contributed by atoms with Gasteiger partial charge in [0, 0.05) is 19.0 Å². The highest BCUT2D eigenvalue weighted by Gasteiger charge is 2.14. The molecule has 104 valence electrons. The van der Waals surface area contributed by atoms with Crippen LogP contribution in [0.5, 0.6) is 5.75 Å². The van der Waals surface area contributed by atoms with Gasteiger partial charge in [0.05, 0.1) is 19.8 Å². The molecule has 0 aliphatic rings. The zero-order chi connectivity index (χ0) is 14.4. The number of nitriles is 1. The Labute approximate surface area is 118 Å². The number of nitrogens with zero attached hydrogens (tertiary/aromatic N) is 1. The first kappa shape index (κ1) is 14.3. The van der Waals surface area contributed by atoms with Crippen molar-refractivity contribution in [3.05, 3.63) is 42.0 Å². The Hall–Kier alpha value is -2.09. The molecule has 0 aliphatic heterocycles. The molecule has 0 heterocycles. The van der Waals surface area contributed by atoms with Crippen molar-refractivity contribution in [2.45, 2.75) is 6.04 Å². The summed E-state index contributed by atoms with van der Waals surface area (Å²) in [4.78, 5) is 0. The zero-order valence-corrected chi connectivity index (χ0v) is 11.7. The summed E-state index contributed by atoms with van der Waals surface area (Å²) in [6.45, 7) is 1.21. The lowest BCUT2D eigenvalue weighted by atomic mass is 9.98. The van der Waals surface area contributed by atoms with Crippen LogP contribution in [0, 0.1) is 11.3 Å². The van der Waals surface area contributed by atoms with Crippen molar-refractivity contribution in [2.75, 3.05) is 27.4 Å². The van der Waals surface area contributed by atoms with Crippen molar-refractivity contribution >= 4 is 10.8 Å². The van der Waals surface area contributed by atoms with Gasteiger partial charge in [-0.05, 0) is 17.0 Å². The molecule has 0 amide bonds. The van der Waals surface area contributed by atoms with E-state index >= 15 is 0 Å². The summed E-state index contributed by atoms with van der Waals surface area (Å²) in [5, 5.41) is 14.6. The number of ether oxygens (including phenoxy) is 2. The summed E-state index contributed by atoms with van der Waals surface area (Å²) < 4.78 is 10.4. The minimum absolute atomic E-state index is 0.360. The smallest absolute Gasteiger partial charge is 0.126 e. The Balaban J connectivity index is 2.41. The van der Waals surface area contributed by atoms with Gasteiger partial charge in [0.2, 0.25) is 0 Å². The second kappa shape index (κ2) is 6.90. The molecule has 4 nitrogen and oxygen atoms in total. The van der Waals surface area contributed by atoms with E-state index in [4.69, 9.17) is 9.47 Å². The number of rotatable bonds is 6. The van der Waals surface area contributed by atoms with Crippen LogP contribution < -0.4 is 10.1 Å². The lowest BCUT2D eigenvalue weighted by Crippen LogP contribution is -2.24. The molecule has 0 aliphatic carbocycles. The highest BCUT2D eigenvalue weighted by molar-refractivity contribution is 5.91. The minimum Gasteiger partial charge on any atom is -0.496 e. The predicted octanol–water partition coefficient (Wildman–Crippen LogP) is 2.65. The molecule has 0 saturated carbocycles. The summed E-state index contributed by atoms with van der Waals surface area (Å²) in [6.07, 6.45) is 0. The molecule has 0 radical (unpaired) electrons. The van der Waals surface area contributed by atoms with Crippen LogP contribution in [0.3, 0.4) is 0 Å². The van der Waals surface area contributed by atoms with Crippen molar-refractivity contribution in [2.24, 2.45) is 0 Å². The zero-order valence-electron chi connectivity index (χ0n) is 11.7. The van der Waals surface area contributed by atoms with Crippen LogP contribution in [0.15, 0.2) is 36.4 Å². The van der Waals surface area contributed by atoms with Crippen LogP contribution in [0.25, 0.3) is 10.8 Å². The van der Waals surface area contributed by atoms with Gasteiger partial charge in [0.15, 0.2) is 0 Å². The topological polar surface area (TPSA) is 54.3 Å². The van der Waals surface area contributed by atoms with Crippen LogP contribution in [0.1, 0.15) is 11.6 Å². The van der Waals surface area contributed by atoms with E-state index in [0.717, 1.165) is 22.1 Å². The number of hydrogen-bond acceptors (Lipinski definition) is 4. The quantitative estimate of drug-likeness (QED) is 0.820. The van der Waals surface area contributed by atoms with E-state index in [-0.39, 0.29) is 6.04 Å². The Bertz CT molecular complexity index is 619. The maximum atomic E-state index is 9.38. The lowest BCUT2D eigenvalue weighted by Gasteiger charge is -2.15. The third-order valence-corrected chi connectivity index (χ3v) is 3.23. The van der Waals surface area contributed by atoms with Gasteiger partial charge < -0.3 is 9.47 Å². The molecule has 2 aromatic rings. The molecular formula is C16H18N2O2. The number of benzene rings is 2. The van der Waals surface area contributed by atoms with E-state index in [1.807, 2.05) is 36.4 Å². The van der Waals surface area contributed by atoms with Gasteiger partial charge in [0.1, 0.15) is 11.8 Å². The molecule has 2 aromatic carbocycles. The van der Waals surface area contributed by atoms with Crippen LogP contribution >= 0.6 is 0 Å². The molecule has 20 heavy (non-hydrogen) atoms. The van der Waals surface area contributed by atoms with E-state index in [2.05, 4.69) is 11.4 Å². The monoisotopic (exact) mass is 270 g/mol. The fourth-order valence-electron chi connectivity index (χ4n) is 2.25. The van der Waals surface area contributed by atoms with E-state index in [1.54, 1.807) is 14.2 Å². The number of hydrogen-bond donors (Lipinski definition) is 1. The standard InChI is InChI=1S/C16H18N2O2/c1-19-10-9-18-15(11-17)13-7-8-16(20-2)14-6-4-3-5-12(13)14/h3-8,15,18H,9-10H2,1-2H3. The Morgan fingerprint density at radius 3 is 2.55 bits per heavy atom. The van der Waals surface area contributed by atoms with Crippen molar-refractivity contribution in [3.63, 3.8) is 0 Å². The molecule has 0 spiro atoms. The minimum atomic E-state index is -0.360. The molecule has 0 aromatic heterocycles. The first-order valence-electron chi connectivity index (χ1n) is 6.49. The van der Waals surface area contributed by atoms with Crippen LogP contribution in [-0.2, 0) is 4.74 Å². The molecule has 1 atom stereocenters. The summed E-state index contributed by atoms with van der Waals surface area (Å²) >= 11 is 0. The Morgan fingerprint density at radius 2 is 1.90 bits per heavy atom. The fourth-order valence-corrected chi connectivity index (χ4v) is 2.25. The SMILES string of the molecule is COCCNC(C#N)c1ccc(OC)c2ccccc12. The third kappa shape index (κ3) is 2.90. The van der Waals surface area contributed by atoms with E-state index in [9.17, 15) is 5.26 Å². The third-order valence-electron chi connectivity index (χ3n) is 3.23. The molecule has 0 saturated heterocycles. The van der Waals surface area contributed by atoms with E-state index in [0.29, 0.717) is 13.2 Å².